The van der Waals surface area contributed by atoms with Crippen molar-refractivity contribution in [3.8, 4) is 11.5 Å². The highest BCUT2D eigenvalue weighted by Crippen LogP contribution is 2.28. The van der Waals surface area contributed by atoms with Gasteiger partial charge in [-0.3, -0.25) is 4.99 Å². The van der Waals surface area contributed by atoms with E-state index in [0.29, 0.717) is 5.92 Å². The third kappa shape index (κ3) is 4.28. The number of methoxy groups -OCH3 is 1. The third-order valence-electron chi connectivity index (χ3n) is 4.68. The van der Waals surface area contributed by atoms with Crippen LogP contribution in [-0.4, -0.2) is 39.3 Å². The van der Waals surface area contributed by atoms with Crippen molar-refractivity contribution in [1.29, 1.82) is 0 Å². The van der Waals surface area contributed by atoms with Gasteiger partial charge in [0.25, 0.3) is 0 Å². The molecule has 1 aliphatic rings. The second-order valence-electron chi connectivity index (χ2n) is 6.53. The van der Waals surface area contributed by atoms with E-state index in [0.717, 1.165) is 37.0 Å². The average Bonchev–Trinajstić information content (AvgIpc) is 3.10. The van der Waals surface area contributed by atoms with E-state index in [1.165, 1.54) is 11.1 Å². The fraction of sp³-hybridized carbons (Fsp3) is 0.381. The van der Waals surface area contributed by atoms with Gasteiger partial charge in [0.05, 0.1) is 13.7 Å². The summed E-state index contributed by atoms with van der Waals surface area (Å²) < 4.78 is 11.4. The third-order valence-corrected chi connectivity index (χ3v) is 4.68. The molecule has 3 rings (SSSR count). The SMILES string of the molecule is CN=C(NCC1Cc2ccccc2O1)NCC(C)c1ccccc1OC. The molecule has 0 fully saturated rings. The Hall–Kier alpha value is -2.69. The molecular weight excluding hydrogens is 326 g/mol. The number of guanidine groups is 1. The van der Waals surface area contributed by atoms with Crippen LogP contribution in [0.15, 0.2) is 53.5 Å². The lowest BCUT2D eigenvalue weighted by Gasteiger charge is -2.19. The van der Waals surface area contributed by atoms with Gasteiger partial charge in [0.1, 0.15) is 17.6 Å². The molecule has 1 heterocycles. The molecule has 0 amide bonds. The minimum absolute atomic E-state index is 0.137. The predicted molar refractivity (Wildman–Crippen MR) is 105 cm³/mol. The molecule has 0 aromatic heterocycles. The number of rotatable bonds is 6. The number of hydrogen-bond donors (Lipinski definition) is 2. The second-order valence-corrected chi connectivity index (χ2v) is 6.53. The van der Waals surface area contributed by atoms with Crippen molar-refractivity contribution in [2.45, 2.75) is 25.4 Å². The van der Waals surface area contributed by atoms with Gasteiger partial charge in [0, 0.05) is 25.9 Å². The second kappa shape index (κ2) is 8.61. The summed E-state index contributed by atoms with van der Waals surface area (Å²) in [6.07, 6.45) is 1.07. The molecule has 2 unspecified atom stereocenters. The first-order valence-corrected chi connectivity index (χ1v) is 9.03. The molecule has 0 radical (unpaired) electrons. The zero-order chi connectivity index (χ0) is 18.4. The van der Waals surface area contributed by atoms with Crippen molar-refractivity contribution >= 4 is 5.96 Å². The van der Waals surface area contributed by atoms with E-state index in [9.17, 15) is 0 Å². The highest BCUT2D eigenvalue weighted by molar-refractivity contribution is 5.79. The monoisotopic (exact) mass is 353 g/mol. The summed E-state index contributed by atoms with van der Waals surface area (Å²) in [4.78, 5) is 4.31. The first-order chi connectivity index (χ1) is 12.7. The van der Waals surface area contributed by atoms with Crippen molar-refractivity contribution in [3.63, 3.8) is 0 Å². The van der Waals surface area contributed by atoms with Gasteiger partial charge in [-0.15, -0.1) is 0 Å². The lowest BCUT2D eigenvalue weighted by Crippen LogP contribution is -2.43. The van der Waals surface area contributed by atoms with Gasteiger partial charge in [-0.2, -0.15) is 0 Å². The number of hydrogen-bond acceptors (Lipinski definition) is 3. The first kappa shape index (κ1) is 18.1. The summed E-state index contributed by atoms with van der Waals surface area (Å²) in [5, 5.41) is 6.76. The summed E-state index contributed by atoms with van der Waals surface area (Å²) in [5.74, 6) is 3.00. The first-order valence-electron chi connectivity index (χ1n) is 9.03. The molecule has 0 spiro atoms. The normalized spacial score (nSPS) is 17.2. The Morgan fingerprint density at radius 3 is 2.73 bits per heavy atom. The van der Waals surface area contributed by atoms with Gasteiger partial charge in [-0.25, -0.2) is 0 Å². The van der Waals surface area contributed by atoms with Gasteiger partial charge in [0.2, 0.25) is 0 Å². The Balaban J connectivity index is 1.48. The average molecular weight is 353 g/mol. The smallest absolute Gasteiger partial charge is 0.191 e. The van der Waals surface area contributed by atoms with Crippen LogP contribution in [0.2, 0.25) is 0 Å². The van der Waals surface area contributed by atoms with E-state index >= 15 is 0 Å². The van der Waals surface area contributed by atoms with Gasteiger partial charge in [-0.05, 0) is 23.3 Å². The zero-order valence-electron chi connectivity index (χ0n) is 15.7. The number of para-hydroxylation sites is 2. The van der Waals surface area contributed by atoms with Crippen molar-refractivity contribution < 1.29 is 9.47 Å². The molecule has 1 aliphatic heterocycles. The summed E-state index contributed by atoms with van der Waals surface area (Å²) in [6, 6.07) is 16.3. The maximum atomic E-state index is 5.97. The minimum Gasteiger partial charge on any atom is -0.496 e. The Kier molecular flexibility index (Phi) is 6.00. The van der Waals surface area contributed by atoms with Crippen LogP contribution >= 0.6 is 0 Å². The highest BCUT2D eigenvalue weighted by Gasteiger charge is 2.22. The molecule has 5 heteroatoms. The lowest BCUT2D eigenvalue weighted by molar-refractivity contribution is 0.235. The Labute approximate surface area is 155 Å². The van der Waals surface area contributed by atoms with Crippen LogP contribution in [0, 0.1) is 0 Å². The lowest BCUT2D eigenvalue weighted by atomic mass is 10.0. The number of nitrogens with zero attached hydrogens (tertiary/aromatic N) is 1. The van der Waals surface area contributed by atoms with E-state index in [4.69, 9.17) is 9.47 Å². The van der Waals surface area contributed by atoms with E-state index in [2.05, 4.69) is 40.7 Å². The molecule has 0 saturated carbocycles. The molecule has 2 atom stereocenters. The molecule has 2 aromatic rings. The van der Waals surface area contributed by atoms with Crippen molar-refractivity contribution in [1.82, 2.24) is 10.6 Å². The summed E-state index contributed by atoms with van der Waals surface area (Å²) >= 11 is 0. The van der Waals surface area contributed by atoms with Crippen LogP contribution in [0.4, 0.5) is 0 Å². The van der Waals surface area contributed by atoms with Gasteiger partial charge >= 0.3 is 0 Å². The van der Waals surface area contributed by atoms with E-state index < -0.39 is 0 Å². The molecule has 2 N–H and O–H groups in total. The van der Waals surface area contributed by atoms with E-state index in [1.54, 1.807) is 14.2 Å². The van der Waals surface area contributed by atoms with Gasteiger partial charge in [-0.1, -0.05) is 43.3 Å². The Morgan fingerprint density at radius 1 is 1.19 bits per heavy atom. The zero-order valence-corrected chi connectivity index (χ0v) is 15.7. The highest BCUT2D eigenvalue weighted by atomic mass is 16.5. The maximum absolute atomic E-state index is 5.97. The van der Waals surface area contributed by atoms with Gasteiger partial charge in [0.15, 0.2) is 5.96 Å². The molecule has 0 aliphatic carbocycles. The molecule has 0 bridgehead atoms. The Bertz CT molecular complexity index is 735. The predicted octanol–water partition coefficient (Wildman–Crippen LogP) is 2.97. The van der Waals surface area contributed by atoms with E-state index in [1.807, 2.05) is 30.3 Å². The summed E-state index contributed by atoms with van der Waals surface area (Å²) in [5.41, 5.74) is 2.46. The van der Waals surface area contributed by atoms with Crippen LogP contribution < -0.4 is 20.1 Å². The largest absolute Gasteiger partial charge is 0.496 e. The number of nitrogens with one attached hydrogen (secondary N) is 2. The fourth-order valence-corrected chi connectivity index (χ4v) is 3.23. The molecular formula is C21H27N3O2. The quantitative estimate of drug-likeness (QED) is 0.619. The summed E-state index contributed by atoms with van der Waals surface area (Å²) in [6.45, 7) is 3.66. The van der Waals surface area contributed by atoms with Crippen LogP contribution in [0.3, 0.4) is 0 Å². The van der Waals surface area contributed by atoms with Crippen molar-refractivity contribution in [2.24, 2.45) is 4.99 Å². The number of ether oxygens (including phenoxy) is 2. The van der Waals surface area contributed by atoms with Crippen LogP contribution in [-0.2, 0) is 6.42 Å². The van der Waals surface area contributed by atoms with Crippen LogP contribution in [0.5, 0.6) is 11.5 Å². The molecule has 2 aromatic carbocycles. The molecule has 26 heavy (non-hydrogen) atoms. The minimum atomic E-state index is 0.137. The van der Waals surface area contributed by atoms with E-state index in [-0.39, 0.29) is 6.10 Å². The van der Waals surface area contributed by atoms with Gasteiger partial charge < -0.3 is 20.1 Å². The molecule has 0 saturated heterocycles. The number of benzene rings is 2. The number of aliphatic imine (C=N–C) groups is 1. The molecule has 5 nitrogen and oxygen atoms in total. The summed E-state index contributed by atoms with van der Waals surface area (Å²) in [7, 11) is 3.49. The number of fused-ring (bicyclic) bond motifs is 1. The fourth-order valence-electron chi connectivity index (χ4n) is 3.23. The maximum Gasteiger partial charge on any atom is 0.191 e. The van der Waals surface area contributed by atoms with Crippen LogP contribution in [0.25, 0.3) is 0 Å². The molecule has 138 valence electrons. The Morgan fingerprint density at radius 2 is 1.96 bits per heavy atom. The van der Waals surface area contributed by atoms with Crippen molar-refractivity contribution in [2.75, 3.05) is 27.2 Å². The van der Waals surface area contributed by atoms with Crippen LogP contribution in [0.1, 0.15) is 24.0 Å². The standard InChI is InChI=1S/C21H27N3O2/c1-15(18-9-5-7-11-20(18)25-3)13-23-21(22-2)24-14-17-12-16-8-4-6-10-19(16)26-17/h4-11,15,17H,12-14H2,1-3H3,(H2,22,23,24). The topological polar surface area (TPSA) is 54.9 Å². The van der Waals surface area contributed by atoms with Crippen molar-refractivity contribution in [3.05, 3.63) is 59.7 Å².